The van der Waals surface area contributed by atoms with Crippen LogP contribution in [-0.2, 0) is 11.2 Å². The number of phenols is 1. The van der Waals surface area contributed by atoms with Crippen molar-refractivity contribution in [2.45, 2.75) is 57.0 Å². The highest BCUT2D eigenvalue weighted by atomic mass is 16.3. The number of carbonyl (C=O) groups excluding carboxylic acids is 1. The molecule has 0 amide bonds. The summed E-state index contributed by atoms with van der Waals surface area (Å²) < 4.78 is 0. The average molecular weight is 273 g/mol. The Labute approximate surface area is 120 Å². The van der Waals surface area contributed by atoms with Gasteiger partial charge in [-0.15, -0.1) is 0 Å². The Kier molecular flexibility index (Phi) is 4.06. The van der Waals surface area contributed by atoms with Crippen LogP contribution in [0.2, 0.25) is 0 Å². The SMILES string of the molecule is O=C(Cc1ccc(O)cc1)C1CCC2CCCCC2N1. The number of benzene rings is 1. The summed E-state index contributed by atoms with van der Waals surface area (Å²) in [6.07, 6.45) is 7.86. The molecule has 1 aromatic carbocycles. The molecule has 3 unspecified atom stereocenters. The molecule has 3 rings (SSSR count). The number of rotatable bonds is 3. The minimum absolute atomic E-state index is 0.0307. The molecule has 2 aliphatic rings. The third kappa shape index (κ3) is 3.04. The monoisotopic (exact) mass is 273 g/mol. The molecule has 1 saturated carbocycles. The van der Waals surface area contributed by atoms with Crippen LogP contribution in [0.4, 0.5) is 0 Å². The second kappa shape index (κ2) is 5.96. The summed E-state index contributed by atoms with van der Waals surface area (Å²) in [7, 11) is 0. The summed E-state index contributed by atoms with van der Waals surface area (Å²) in [4.78, 5) is 12.4. The largest absolute Gasteiger partial charge is 0.508 e. The third-order valence-corrected chi connectivity index (χ3v) is 4.85. The van der Waals surface area contributed by atoms with Crippen LogP contribution in [-0.4, -0.2) is 23.0 Å². The van der Waals surface area contributed by atoms with Gasteiger partial charge in [0.2, 0.25) is 0 Å². The van der Waals surface area contributed by atoms with Gasteiger partial charge < -0.3 is 10.4 Å². The molecule has 3 heteroatoms. The Morgan fingerprint density at radius 2 is 1.85 bits per heavy atom. The van der Waals surface area contributed by atoms with Crippen LogP contribution in [0.3, 0.4) is 0 Å². The van der Waals surface area contributed by atoms with Gasteiger partial charge in [0.05, 0.1) is 6.04 Å². The van der Waals surface area contributed by atoms with E-state index in [9.17, 15) is 9.90 Å². The van der Waals surface area contributed by atoms with Crippen LogP contribution in [0.15, 0.2) is 24.3 Å². The van der Waals surface area contributed by atoms with E-state index in [4.69, 9.17) is 0 Å². The zero-order valence-electron chi connectivity index (χ0n) is 11.8. The highest BCUT2D eigenvalue weighted by Gasteiger charge is 2.34. The standard InChI is InChI=1S/C17H23NO2/c19-14-8-5-12(6-9-14)11-17(20)16-10-7-13-3-1-2-4-15(13)18-16/h5-6,8-9,13,15-16,18-19H,1-4,7,10-11H2. The fourth-order valence-corrected chi connectivity index (χ4v) is 3.69. The third-order valence-electron chi connectivity index (χ3n) is 4.85. The van der Waals surface area contributed by atoms with E-state index in [1.54, 1.807) is 12.1 Å². The van der Waals surface area contributed by atoms with Crippen molar-refractivity contribution in [1.82, 2.24) is 5.32 Å². The second-order valence-corrected chi connectivity index (χ2v) is 6.26. The fourth-order valence-electron chi connectivity index (χ4n) is 3.69. The highest BCUT2D eigenvalue weighted by molar-refractivity contribution is 5.86. The van der Waals surface area contributed by atoms with Gasteiger partial charge in [0.1, 0.15) is 5.75 Å². The van der Waals surface area contributed by atoms with E-state index < -0.39 is 0 Å². The molecule has 0 spiro atoms. The molecule has 0 bridgehead atoms. The molecule has 1 aliphatic carbocycles. The molecule has 1 heterocycles. The predicted molar refractivity (Wildman–Crippen MR) is 78.7 cm³/mol. The molecular weight excluding hydrogens is 250 g/mol. The molecule has 0 aromatic heterocycles. The van der Waals surface area contributed by atoms with Crippen molar-refractivity contribution in [3.8, 4) is 5.75 Å². The summed E-state index contributed by atoms with van der Waals surface area (Å²) in [6.45, 7) is 0. The minimum Gasteiger partial charge on any atom is -0.508 e. The number of piperidine rings is 1. The molecule has 108 valence electrons. The lowest BCUT2D eigenvalue weighted by atomic mass is 9.77. The zero-order valence-corrected chi connectivity index (χ0v) is 11.8. The quantitative estimate of drug-likeness (QED) is 0.890. The second-order valence-electron chi connectivity index (χ2n) is 6.26. The summed E-state index contributed by atoms with van der Waals surface area (Å²) in [5, 5.41) is 12.9. The van der Waals surface area contributed by atoms with E-state index in [-0.39, 0.29) is 11.8 Å². The predicted octanol–water partition coefficient (Wildman–Crippen LogP) is 2.81. The number of Topliss-reactive ketones (excluding diaryl/α,β-unsaturated/α-hetero) is 1. The Morgan fingerprint density at radius 3 is 2.65 bits per heavy atom. The molecule has 3 atom stereocenters. The molecule has 0 radical (unpaired) electrons. The average Bonchev–Trinajstić information content (AvgIpc) is 2.49. The van der Waals surface area contributed by atoms with Crippen molar-refractivity contribution in [3.05, 3.63) is 29.8 Å². The summed E-state index contributed by atoms with van der Waals surface area (Å²) >= 11 is 0. The van der Waals surface area contributed by atoms with Crippen LogP contribution in [0.25, 0.3) is 0 Å². The molecular formula is C17H23NO2. The first-order valence-corrected chi connectivity index (χ1v) is 7.79. The van der Waals surface area contributed by atoms with Gasteiger partial charge in [-0.2, -0.15) is 0 Å². The number of fused-ring (bicyclic) bond motifs is 1. The lowest BCUT2D eigenvalue weighted by molar-refractivity contribution is -0.121. The number of hydrogen-bond acceptors (Lipinski definition) is 3. The Morgan fingerprint density at radius 1 is 1.10 bits per heavy atom. The highest BCUT2D eigenvalue weighted by Crippen LogP contribution is 2.32. The molecule has 2 fully saturated rings. The lowest BCUT2D eigenvalue weighted by Gasteiger charge is -2.40. The maximum atomic E-state index is 12.4. The van der Waals surface area contributed by atoms with Crippen molar-refractivity contribution in [1.29, 1.82) is 0 Å². The maximum absolute atomic E-state index is 12.4. The van der Waals surface area contributed by atoms with Crippen LogP contribution >= 0.6 is 0 Å². The number of nitrogens with one attached hydrogen (secondary N) is 1. The van der Waals surface area contributed by atoms with Crippen LogP contribution in [0.5, 0.6) is 5.75 Å². The fraction of sp³-hybridized carbons (Fsp3) is 0.588. The zero-order chi connectivity index (χ0) is 13.9. The number of ketones is 1. The van der Waals surface area contributed by atoms with Gasteiger partial charge in [-0.3, -0.25) is 4.79 Å². The summed E-state index contributed by atoms with van der Waals surface area (Å²) in [5.74, 6) is 1.34. The van der Waals surface area contributed by atoms with Crippen LogP contribution < -0.4 is 5.32 Å². The van der Waals surface area contributed by atoms with E-state index in [1.165, 1.54) is 32.1 Å². The van der Waals surface area contributed by atoms with E-state index in [2.05, 4.69) is 5.32 Å². The maximum Gasteiger partial charge on any atom is 0.154 e. The van der Waals surface area contributed by atoms with Gasteiger partial charge in [-0.05, 0) is 49.3 Å². The molecule has 1 saturated heterocycles. The molecule has 1 aliphatic heterocycles. The summed E-state index contributed by atoms with van der Waals surface area (Å²) in [6, 6.07) is 7.55. The van der Waals surface area contributed by atoms with Crippen LogP contribution in [0.1, 0.15) is 44.1 Å². The van der Waals surface area contributed by atoms with E-state index in [0.29, 0.717) is 18.2 Å². The summed E-state index contributed by atoms with van der Waals surface area (Å²) in [5.41, 5.74) is 0.986. The van der Waals surface area contributed by atoms with Crippen molar-refractivity contribution in [2.75, 3.05) is 0 Å². The Bertz CT molecular complexity index is 468. The first-order valence-electron chi connectivity index (χ1n) is 7.79. The van der Waals surface area contributed by atoms with Gasteiger partial charge in [-0.1, -0.05) is 25.0 Å². The first-order chi connectivity index (χ1) is 9.72. The normalized spacial score (nSPS) is 29.7. The smallest absolute Gasteiger partial charge is 0.154 e. The van der Waals surface area contributed by atoms with Gasteiger partial charge in [-0.25, -0.2) is 0 Å². The topological polar surface area (TPSA) is 49.3 Å². The molecule has 1 aromatic rings. The lowest BCUT2D eigenvalue weighted by Crippen LogP contribution is -2.52. The van der Waals surface area contributed by atoms with Gasteiger partial charge >= 0.3 is 0 Å². The number of hydrogen-bond donors (Lipinski definition) is 2. The van der Waals surface area contributed by atoms with Crippen molar-refractivity contribution in [2.24, 2.45) is 5.92 Å². The molecule has 3 nitrogen and oxygen atoms in total. The van der Waals surface area contributed by atoms with E-state index in [0.717, 1.165) is 17.9 Å². The first kappa shape index (κ1) is 13.6. The van der Waals surface area contributed by atoms with E-state index >= 15 is 0 Å². The molecule has 20 heavy (non-hydrogen) atoms. The number of phenolic OH excluding ortho intramolecular Hbond substituents is 1. The Hall–Kier alpha value is -1.35. The van der Waals surface area contributed by atoms with E-state index in [1.807, 2.05) is 12.1 Å². The molecule has 2 N–H and O–H groups in total. The number of aromatic hydroxyl groups is 1. The van der Waals surface area contributed by atoms with Crippen molar-refractivity contribution < 1.29 is 9.90 Å². The number of carbonyl (C=O) groups is 1. The van der Waals surface area contributed by atoms with Gasteiger partial charge in [0.15, 0.2) is 5.78 Å². The minimum atomic E-state index is 0.0307. The van der Waals surface area contributed by atoms with Gasteiger partial charge in [0.25, 0.3) is 0 Å². The van der Waals surface area contributed by atoms with Crippen LogP contribution in [0, 0.1) is 5.92 Å². The Balaban J connectivity index is 1.58. The van der Waals surface area contributed by atoms with Crippen molar-refractivity contribution >= 4 is 5.78 Å². The van der Waals surface area contributed by atoms with Gasteiger partial charge in [0, 0.05) is 12.5 Å². The van der Waals surface area contributed by atoms with Crippen molar-refractivity contribution in [3.63, 3.8) is 0 Å².